The molecule has 1 aliphatic heterocycles. The maximum absolute atomic E-state index is 12.6. The van der Waals surface area contributed by atoms with Crippen LogP contribution < -0.4 is 0 Å². The van der Waals surface area contributed by atoms with E-state index < -0.39 is 0 Å². The summed E-state index contributed by atoms with van der Waals surface area (Å²) in [5, 5.41) is 1.07. The summed E-state index contributed by atoms with van der Waals surface area (Å²) in [6.45, 7) is 6.23. The number of carbonyl (C=O) groups is 1. The minimum Gasteiger partial charge on any atom is -0.340 e. The zero-order chi connectivity index (χ0) is 18.6. The molecule has 1 aromatic heterocycles. The fourth-order valence-electron chi connectivity index (χ4n) is 4.42. The van der Waals surface area contributed by atoms with Crippen LogP contribution in [0.3, 0.4) is 0 Å². The summed E-state index contributed by atoms with van der Waals surface area (Å²) < 4.78 is 2.37. The minimum absolute atomic E-state index is 0.139. The van der Waals surface area contributed by atoms with Crippen molar-refractivity contribution in [3.63, 3.8) is 0 Å². The lowest BCUT2D eigenvalue weighted by Gasteiger charge is -2.26. The van der Waals surface area contributed by atoms with Gasteiger partial charge in [-0.15, -0.1) is 0 Å². The first-order chi connectivity index (χ1) is 13.3. The Bertz CT molecular complexity index is 920. The third-order valence-electron chi connectivity index (χ3n) is 5.67. The predicted molar refractivity (Wildman–Crippen MR) is 112 cm³/mol. The summed E-state index contributed by atoms with van der Waals surface area (Å²) in [6.07, 6.45) is 5.14. The molecule has 0 amide bonds. The Hall–Kier alpha value is -2.39. The van der Waals surface area contributed by atoms with Gasteiger partial charge in [-0.1, -0.05) is 55.0 Å². The van der Waals surface area contributed by atoms with Crippen molar-refractivity contribution in [1.29, 1.82) is 0 Å². The Labute approximate surface area is 161 Å². The van der Waals surface area contributed by atoms with E-state index in [-0.39, 0.29) is 5.78 Å². The van der Waals surface area contributed by atoms with Gasteiger partial charge in [-0.05, 0) is 57.5 Å². The highest BCUT2D eigenvalue weighted by Crippen LogP contribution is 2.34. The summed E-state index contributed by atoms with van der Waals surface area (Å²) >= 11 is 0. The number of rotatable bonds is 6. The van der Waals surface area contributed by atoms with Crippen LogP contribution in [-0.2, 0) is 6.54 Å². The average molecular weight is 361 g/mol. The van der Waals surface area contributed by atoms with Gasteiger partial charge in [-0.3, -0.25) is 4.79 Å². The predicted octanol–water partition coefficient (Wildman–Crippen LogP) is 5.39. The number of benzene rings is 2. The molecule has 27 heavy (non-hydrogen) atoms. The molecule has 0 bridgehead atoms. The van der Waals surface area contributed by atoms with Crippen molar-refractivity contribution in [3.05, 3.63) is 60.2 Å². The quantitative estimate of drug-likeness (QED) is 0.551. The molecule has 0 N–H and O–H groups in total. The average Bonchev–Trinajstić information content (AvgIpc) is 3.04. The van der Waals surface area contributed by atoms with E-state index in [0.29, 0.717) is 0 Å². The highest BCUT2D eigenvalue weighted by Gasteiger charge is 2.21. The van der Waals surface area contributed by atoms with Crippen LogP contribution >= 0.6 is 0 Å². The summed E-state index contributed by atoms with van der Waals surface area (Å²) in [7, 11) is 0. The number of carbonyl (C=O) groups excluding carboxylic acids is 1. The molecule has 0 unspecified atom stereocenters. The maximum atomic E-state index is 12.6. The molecule has 4 rings (SSSR count). The topological polar surface area (TPSA) is 25.2 Å². The van der Waals surface area contributed by atoms with Gasteiger partial charge in [0.1, 0.15) is 0 Å². The number of fused-ring (bicyclic) bond motifs is 1. The van der Waals surface area contributed by atoms with Crippen LogP contribution in [0.4, 0.5) is 0 Å². The van der Waals surface area contributed by atoms with E-state index in [4.69, 9.17) is 0 Å². The van der Waals surface area contributed by atoms with Crippen LogP contribution in [0.2, 0.25) is 0 Å². The smallest absolute Gasteiger partial charge is 0.162 e. The Morgan fingerprint density at radius 3 is 2.33 bits per heavy atom. The van der Waals surface area contributed by atoms with Crippen molar-refractivity contribution >= 4 is 16.7 Å². The minimum atomic E-state index is 0.139. The molecular weight excluding hydrogens is 332 g/mol. The first kappa shape index (κ1) is 18.0. The van der Waals surface area contributed by atoms with Gasteiger partial charge in [-0.25, -0.2) is 0 Å². The molecule has 0 radical (unpaired) electrons. The molecule has 0 spiro atoms. The zero-order valence-electron chi connectivity index (χ0n) is 16.2. The van der Waals surface area contributed by atoms with Gasteiger partial charge in [0.2, 0.25) is 0 Å². The molecule has 3 aromatic rings. The lowest BCUT2D eigenvalue weighted by atomic mass is 10.0. The van der Waals surface area contributed by atoms with Gasteiger partial charge in [0.25, 0.3) is 0 Å². The van der Waals surface area contributed by atoms with E-state index in [1.54, 1.807) is 6.92 Å². The highest BCUT2D eigenvalue weighted by atomic mass is 16.1. The third kappa shape index (κ3) is 3.70. The summed E-state index contributed by atoms with van der Waals surface area (Å²) in [4.78, 5) is 15.2. The fraction of sp³-hybridized carbons (Fsp3) is 0.375. The van der Waals surface area contributed by atoms with Gasteiger partial charge in [0.05, 0.1) is 11.3 Å². The number of likely N-dealkylation sites (tertiary alicyclic amines) is 1. The second-order valence-electron chi connectivity index (χ2n) is 7.57. The second-order valence-corrected chi connectivity index (χ2v) is 7.57. The number of hydrogen-bond acceptors (Lipinski definition) is 2. The van der Waals surface area contributed by atoms with E-state index in [0.717, 1.165) is 41.7 Å². The molecule has 0 aliphatic carbocycles. The Morgan fingerprint density at radius 1 is 0.889 bits per heavy atom. The molecule has 1 saturated heterocycles. The Balaban J connectivity index is 1.72. The van der Waals surface area contributed by atoms with Gasteiger partial charge in [0, 0.05) is 17.4 Å². The van der Waals surface area contributed by atoms with Crippen molar-refractivity contribution in [1.82, 2.24) is 9.47 Å². The van der Waals surface area contributed by atoms with Crippen molar-refractivity contribution in [2.75, 3.05) is 19.6 Å². The number of aryl methyl sites for hydroxylation is 1. The first-order valence-corrected chi connectivity index (χ1v) is 10.2. The number of ketones is 1. The molecule has 3 heteroatoms. The van der Waals surface area contributed by atoms with E-state index in [2.05, 4.69) is 51.9 Å². The van der Waals surface area contributed by atoms with Crippen LogP contribution in [-0.4, -0.2) is 34.9 Å². The molecular formula is C24H28N2O. The zero-order valence-corrected chi connectivity index (χ0v) is 16.2. The number of Topliss-reactive ketones (excluding diaryl/α,β-unsaturated/α-hetero) is 1. The number of nitrogens with zero attached hydrogens (tertiary/aromatic N) is 2. The normalized spacial score (nSPS) is 15.3. The number of aromatic nitrogens is 1. The molecule has 1 fully saturated rings. The monoisotopic (exact) mass is 360 g/mol. The molecule has 140 valence electrons. The lowest BCUT2D eigenvalue weighted by Crippen LogP contribution is -2.31. The second kappa shape index (κ2) is 8.10. The number of para-hydroxylation sites is 1. The van der Waals surface area contributed by atoms with Crippen molar-refractivity contribution in [2.45, 2.75) is 39.2 Å². The fourth-order valence-corrected chi connectivity index (χ4v) is 4.42. The molecule has 0 saturated carbocycles. The van der Waals surface area contributed by atoms with Crippen LogP contribution in [0.25, 0.3) is 22.2 Å². The SMILES string of the molecule is CC(=O)c1c(-c2ccccc2)n(CCCN2CCCCC2)c2ccccc12. The molecule has 0 atom stereocenters. The largest absolute Gasteiger partial charge is 0.340 e. The number of hydrogen-bond donors (Lipinski definition) is 0. The van der Waals surface area contributed by atoms with E-state index in [9.17, 15) is 4.79 Å². The summed E-state index contributed by atoms with van der Waals surface area (Å²) in [5.74, 6) is 0.139. The van der Waals surface area contributed by atoms with Crippen molar-refractivity contribution in [2.24, 2.45) is 0 Å². The van der Waals surface area contributed by atoms with Crippen molar-refractivity contribution in [3.8, 4) is 11.3 Å². The Kier molecular flexibility index (Phi) is 5.40. The molecule has 3 nitrogen and oxygen atoms in total. The standard InChI is InChI=1S/C24H28N2O/c1-19(27)23-21-13-6-7-14-22(21)26(24(23)20-11-4-2-5-12-20)18-10-17-25-15-8-3-9-16-25/h2,4-7,11-14H,3,8-10,15-18H2,1H3. The van der Waals surface area contributed by atoms with E-state index in [1.807, 2.05) is 12.1 Å². The van der Waals surface area contributed by atoms with Crippen LogP contribution in [0, 0.1) is 0 Å². The molecule has 2 aromatic carbocycles. The van der Waals surface area contributed by atoms with E-state index >= 15 is 0 Å². The van der Waals surface area contributed by atoms with Gasteiger partial charge in [-0.2, -0.15) is 0 Å². The van der Waals surface area contributed by atoms with Crippen LogP contribution in [0.1, 0.15) is 43.0 Å². The van der Waals surface area contributed by atoms with Crippen LogP contribution in [0.15, 0.2) is 54.6 Å². The maximum Gasteiger partial charge on any atom is 0.162 e. The Morgan fingerprint density at radius 2 is 1.59 bits per heavy atom. The van der Waals surface area contributed by atoms with Gasteiger partial charge < -0.3 is 9.47 Å². The van der Waals surface area contributed by atoms with E-state index in [1.165, 1.54) is 37.9 Å². The molecule has 2 heterocycles. The van der Waals surface area contributed by atoms with Crippen LogP contribution in [0.5, 0.6) is 0 Å². The third-order valence-corrected chi connectivity index (χ3v) is 5.67. The van der Waals surface area contributed by atoms with Gasteiger partial charge >= 0.3 is 0 Å². The van der Waals surface area contributed by atoms with Gasteiger partial charge in [0.15, 0.2) is 5.78 Å². The number of piperidine rings is 1. The highest BCUT2D eigenvalue weighted by molar-refractivity contribution is 6.12. The lowest BCUT2D eigenvalue weighted by molar-refractivity contribution is 0.101. The van der Waals surface area contributed by atoms with Crippen molar-refractivity contribution < 1.29 is 4.79 Å². The first-order valence-electron chi connectivity index (χ1n) is 10.2. The summed E-state index contributed by atoms with van der Waals surface area (Å²) in [6, 6.07) is 18.7. The molecule has 1 aliphatic rings. The summed E-state index contributed by atoms with van der Waals surface area (Å²) in [5.41, 5.74) is 4.22.